The number of nitrogens with zero attached hydrogens (tertiary/aromatic N) is 5. The van der Waals surface area contributed by atoms with E-state index in [2.05, 4.69) is 56.6 Å². The van der Waals surface area contributed by atoms with Gasteiger partial charge in [0, 0.05) is 6.92 Å². The lowest BCUT2D eigenvalue weighted by atomic mass is 10.2. The lowest BCUT2D eigenvalue weighted by Gasteiger charge is -2.23. The average Bonchev–Trinajstić information content (AvgIpc) is 3.07. The molecule has 46 heavy (non-hydrogen) atoms. The maximum Gasteiger partial charge on any atom is 0.480 e. The second kappa shape index (κ2) is 15.5. The molecule has 0 fully saturated rings. The van der Waals surface area contributed by atoms with Crippen molar-refractivity contribution in [1.29, 1.82) is 0 Å². The Labute approximate surface area is 256 Å². The predicted octanol–water partition coefficient (Wildman–Crippen LogP) is 3.62. The molecule has 1 heterocycles. The van der Waals surface area contributed by atoms with Crippen molar-refractivity contribution < 1.29 is 95.4 Å². The summed E-state index contributed by atoms with van der Waals surface area (Å²) in [7, 11) is -18.0. The summed E-state index contributed by atoms with van der Waals surface area (Å²) in [6.07, 6.45) is 8.25. The van der Waals surface area contributed by atoms with Crippen molar-refractivity contribution in [3.63, 3.8) is 0 Å². The number of hydrogen-bond acceptors (Lipinski definition) is 8. The summed E-state index contributed by atoms with van der Waals surface area (Å²) in [6.45, 7) is 4.61. The van der Waals surface area contributed by atoms with Crippen molar-refractivity contribution in [3.05, 3.63) is 26.5 Å². The Balaban J connectivity index is 0. The van der Waals surface area contributed by atoms with Crippen LogP contribution < -0.4 is 4.57 Å². The van der Waals surface area contributed by atoms with Crippen LogP contribution in [0.3, 0.4) is 0 Å². The first-order chi connectivity index (χ1) is 19.8. The number of imidazole rings is 1. The molecule has 0 aliphatic carbocycles. The van der Waals surface area contributed by atoms with Crippen LogP contribution in [0.4, 0.5) is 52.7 Å². The summed E-state index contributed by atoms with van der Waals surface area (Å²) in [4.78, 5) is 0. The van der Waals surface area contributed by atoms with E-state index < -0.39 is 62.1 Å². The molecule has 276 valence electrons. The molecule has 1 aromatic heterocycles. The van der Waals surface area contributed by atoms with E-state index in [1.165, 1.54) is 31.6 Å². The Hall–Kier alpha value is -1.95. The number of aryl methyl sites for hydroxylation is 2. The van der Waals surface area contributed by atoms with Gasteiger partial charge in [-0.1, -0.05) is 0 Å². The molecule has 0 atom stereocenters. The SMILES string of the molecule is Cc1n(CCCCC[N+](C)(C)C)cc[n+]1C.O=S(=O)([N-]S(=O)(=O)C(F)(F)F)C(F)(F)F.O=S(=O)([N-]S(=O)(=O)C(F)(F)F)C(F)(F)F. The summed E-state index contributed by atoms with van der Waals surface area (Å²) in [6, 6.07) is 0. The molecule has 13 nitrogen and oxygen atoms in total. The Kier molecular flexibility index (Phi) is 15.6. The van der Waals surface area contributed by atoms with Gasteiger partial charge in [0.25, 0.3) is 5.82 Å². The average molecular weight is 786 g/mol. The molecule has 0 unspecified atom stereocenters. The Morgan fingerprint density at radius 1 is 0.630 bits per heavy atom. The first-order valence-electron chi connectivity index (χ1n) is 11.4. The Morgan fingerprint density at radius 2 is 0.935 bits per heavy atom. The van der Waals surface area contributed by atoms with Crippen LogP contribution in [0.1, 0.15) is 25.1 Å². The van der Waals surface area contributed by atoms with Crippen LogP contribution in [-0.4, -0.2) is 92.4 Å². The number of halogens is 12. The van der Waals surface area contributed by atoms with Gasteiger partial charge in [-0.25, -0.2) is 42.8 Å². The molecule has 0 spiro atoms. The van der Waals surface area contributed by atoms with E-state index in [0.29, 0.717) is 0 Å². The zero-order chi connectivity index (χ0) is 37.6. The van der Waals surface area contributed by atoms with Gasteiger partial charge in [0.15, 0.2) is 40.1 Å². The molecule has 0 bridgehead atoms. The molecule has 0 saturated heterocycles. The van der Waals surface area contributed by atoms with Crippen molar-refractivity contribution in [2.24, 2.45) is 7.05 Å². The number of aromatic nitrogens is 2. The highest BCUT2D eigenvalue weighted by Gasteiger charge is 2.48. The molecule has 0 radical (unpaired) electrons. The van der Waals surface area contributed by atoms with Crippen LogP contribution in [-0.2, 0) is 53.7 Å². The fourth-order valence-corrected chi connectivity index (χ4v) is 5.73. The number of hydrogen-bond donors (Lipinski definition) is 0. The highest BCUT2D eigenvalue weighted by Crippen LogP contribution is 2.37. The van der Waals surface area contributed by atoms with Gasteiger partial charge >= 0.3 is 22.0 Å². The zero-order valence-corrected chi connectivity index (χ0v) is 27.1. The highest BCUT2D eigenvalue weighted by molar-refractivity contribution is 8.13. The summed E-state index contributed by atoms with van der Waals surface area (Å²) >= 11 is 0. The van der Waals surface area contributed by atoms with E-state index in [1.54, 1.807) is 0 Å². The molecule has 1 rings (SSSR count). The first kappa shape index (κ1) is 46.2. The van der Waals surface area contributed by atoms with Gasteiger partial charge in [-0.05, 0) is 19.3 Å². The van der Waals surface area contributed by atoms with Gasteiger partial charge in [0.2, 0.25) is 0 Å². The monoisotopic (exact) mass is 785 g/mol. The van der Waals surface area contributed by atoms with Gasteiger partial charge in [0.05, 0.1) is 41.3 Å². The minimum absolute atomic E-state index is 0.778. The van der Waals surface area contributed by atoms with Crippen LogP contribution in [0.25, 0.3) is 8.25 Å². The van der Waals surface area contributed by atoms with Crippen molar-refractivity contribution >= 4 is 40.1 Å². The minimum atomic E-state index is -6.72. The normalized spacial score (nSPS) is 14.2. The van der Waals surface area contributed by atoms with Gasteiger partial charge < -0.3 is 12.7 Å². The number of unbranched alkanes of at least 4 members (excludes halogenated alkanes) is 2. The second-order valence-corrected chi connectivity index (χ2v) is 16.4. The van der Waals surface area contributed by atoms with Gasteiger partial charge in [-0.2, -0.15) is 52.7 Å². The fourth-order valence-electron chi connectivity index (χ4n) is 2.31. The largest absolute Gasteiger partial charge is 0.480 e. The molecular weight excluding hydrogens is 758 g/mol. The van der Waals surface area contributed by atoms with E-state index in [1.807, 2.05) is 0 Å². The number of rotatable bonds is 10. The number of quaternary nitrogens is 1. The van der Waals surface area contributed by atoms with Crippen LogP contribution in [0, 0.1) is 6.92 Å². The Morgan fingerprint density at radius 3 is 1.15 bits per heavy atom. The maximum absolute atomic E-state index is 11.4. The van der Waals surface area contributed by atoms with Crippen molar-refractivity contribution in [1.82, 2.24) is 4.57 Å². The minimum Gasteiger partial charge on any atom is -0.421 e. The van der Waals surface area contributed by atoms with E-state index in [9.17, 15) is 86.4 Å². The molecule has 1 aromatic rings. The number of alkyl halides is 12. The summed E-state index contributed by atoms with van der Waals surface area (Å²) < 4.78 is 224. The second-order valence-electron chi connectivity index (χ2n) is 9.56. The number of sulfonamides is 4. The van der Waals surface area contributed by atoms with E-state index in [-0.39, 0.29) is 0 Å². The van der Waals surface area contributed by atoms with Crippen LogP contribution in [0.5, 0.6) is 0 Å². The Bertz CT molecular complexity index is 1400. The van der Waals surface area contributed by atoms with Gasteiger partial charge in [0.1, 0.15) is 12.4 Å². The molecule has 0 amide bonds. The smallest absolute Gasteiger partial charge is 0.421 e. The van der Waals surface area contributed by atoms with Crippen molar-refractivity contribution in [2.75, 3.05) is 27.7 Å². The first-order valence-corrected chi connectivity index (χ1v) is 17.1. The maximum atomic E-state index is 11.4. The standard InChI is InChI=1S/C13H27N3.2C2F6NO4S2/c1-13-14(2)10-11-15(13)9-7-6-8-12-16(3,4)5;2*3-1(4,5)14(10,11)9-15(12,13)2(6,7)8/h10-11H,6-9,12H2,1-5H3;;/q+2;2*-1. The van der Waals surface area contributed by atoms with Crippen LogP contribution >= 0.6 is 0 Å². The zero-order valence-electron chi connectivity index (χ0n) is 23.9. The van der Waals surface area contributed by atoms with E-state index in [4.69, 9.17) is 0 Å². The summed E-state index contributed by atoms with van der Waals surface area (Å²) in [5.41, 5.74) is -24.8. The third-order valence-corrected chi connectivity index (χ3v) is 10.2. The molecule has 29 heteroatoms. The topological polar surface area (TPSA) is 174 Å². The molecule has 0 aliphatic rings. The molecule has 0 aromatic carbocycles. The highest BCUT2D eigenvalue weighted by atomic mass is 32.3. The third kappa shape index (κ3) is 15.3. The predicted molar refractivity (Wildman–Crippen MR) is 134 cm³/mol. The lowest BCUT2D eigenvalue weighted by molar-refractivity contribution is -0.870. The van der Waals surface area contributed by atoms with Crippen molar-refractivity contribution in [3.8, 4) is 0 Å². The van der Waals surface area contributed by atoms with E-state index in [0.717, 1.165) is 19.3 Å². The quantitative estimate of drug-likeness (QED) is 0.150. The van der Waals surface area contributed by atoms with Gasteiger partial charge in [-0.3, -0.25) is 0 Å². The lowest BCUT2D eigenvalue weighted by Crippen LogP contribution is -2.35. The van der Waals surface area contributed by atoms with Crippen LogP contribution in [0.2, 0.25) is 0 Å². The summed E-state index contributed by atoms with van der Waals surface area (Å²) in [5, 5.41) is 0. The third-order valence-electron chi connectivity index (χ3n) is 4.69. The van der Waals surface area contributed by atoms with Gasteiger partial charge in [-0.15, -0.1) is 0 Å². The molecule has 0 saturated carbocycles. The van der Waals surface area contributed by atoms with E-state index >= 15 is 0 Å². The van der Waals surface area contributed by atoms with Crippen LogP contribution in [0.15, 0.2) is 12.4 Å². The van der Waals surface area contributed by atoms with Crippen molar-refractivity contribution in [2.45, 2.75) is 54.8 Å². The molecular formula is C17H27F12N5O8S4. The molecule has 0 aliphatic heterocycles. The summed E-state index contributed by atoms with van der Waals surface area (Å²) in [5.74, 6) is 1.34. The fraction of sp³-hybridized carbons (Fsp3) is 0.824. The molecule has 0 N–H and O–H groups in total.